The van der Waals surface area contributed by atoms with Gasteiger partial charge in [0, 0.05) is 22.6 Å². The first-order chi connectivity index (χ1) is 7.58. The molecule has 2 rings (SSSR count). The van der Waals surface area contributed by atoms with Gasteiger partial charge in [-0.3, -0.25) is 5.10 Å². The highest BCUT2D eigenvalue weighted by molar-refractivity contribution is 5.83. The Hall–Kier alpha value is -1.51. The third-order valence-electron chi connectivity index (χ3n) is 3.32. The van der Waals surface area contributed by atoms with E-state index in [2.05, 4.69) is 37.0 Å². The van der Waals surface area contributed by atoms with Crippen molar-refractivity contribution in [3.05, 3.63) is 23.9 Å². The quantitative estimate of drug-likeness (QED) is 0.858. The summed E-state index contributed by atoms with van der Waals surface area (Å²) in [6.45, 7) is 6.64. The van der Waals surface area contributed by atoms with Gasteiger partial charge in [-0.05, 0) is 18.6 Å². The van der Waals surface area contributed by atoms with Crippen molar-refractivity contribution in [2.24, 2.45) is 0 Å². The molecule has 0 unspecified atom stereocenters. The van der Waals surface area contributed by atoms with Crippen LogP contribution in [0.5, 0.6) is 5.75 Å². The third kappa shape index (κ3) is 1.66. The van der Waals surface area contributed by atoms with Crippen LogP contribution in [0.15, 0.2) is 18.2 Å². The Labute approximate surface area is 95.8 Å². The van der Waals surface area contributed by atoms with Gasteiger partial charge >= 0.3 is 0 Å². The number of hydrogen-bond acceptors (Lipinski definition) is 2. The van der Waals surface area contributed by atoms with Gasteiger partial charge in [-0.15, -0.1) is 0 Å². The lowest BCUT2D eigenvalue weighted by atomic mass is 9.85. The number of H-pyrrole nitrogens is 1. The van der Waals surface area contributed by atoms with E-state index in [1.165, 1.54) is 11.1 Å². The highest BCUT2D eigenvalue weighted by atomic mass is 16.5. The fourth-order valence-corrected chi connectivity index (χ4v) is 1.81. The van der Waals surface area contributed by atoms with Crippen molar-refractivity contribution >= 4 is 10.9 Å². The van der Waals surface area contributed by atoms with E-state index < -0.39 is 0 Å². The Morgan fingerprint density at radius 2 is 2.12 bits per heavy atom. The number of rotatable bonds is 3. The van der Waals surface area contributed by atoms with E-state index in [1.807, 2.05) is 12.1 Å². The summed E-state index contributed by atoms with van der Waals surface area (Å²) in [7, 11) is 1.67. The van der Waals surface area contributed by atoms with Gasteiger partial charge in [-0.2, -0.15) is 5.10 Å². The number of hydrogen-bond donors (Lipinski definition) is 1. The van der Waals surface area contributed by atoms with Crippen LogP contribution in [0.2, 0.25) is 0 Å². The summed E-state index contributed by atoms with van der Waals surface area (Å²) in [5.74, 6) is 0.847. The van der Waals surface area contributed by atoms with Gasteiger partial charge in [0.2, 0.25) is 0 Å². The Bertz CT molecular complexity index is 500. The second-order valence-electron chi connectivity index (χ2n) is 4.72. The Morgan fingerprint density at radius 3 is 2.75 bits per heavy atom. The highest BCUT2D eigenvalue weighted by Gasteiger charge is 2.22. The average Bonchev–Trinajstić information content (AvgIpc) is 2.72. The molecule has 86 valence electrons. The fourth-order valence-electron chi connectivity index (χ4n) is 1.81. The molecule has 0 saturated carbocycles. The van der Waals surface area contributed by atoms with Crippen LogP contribution in [0.4, 0.5) is 0 Å². The second kappa shape index (κ2) is 3.81. The van der Waals surface area contributed by atoms with Crippen LogP contribution in [0.3, 0.4) is 0 Å². The second-order valence-corrected chi connectivity index (χ2v) is 4.72. The molecule has 0 bridgehead atoms. The van der Waals surface area contributed by atoms with Crippen LogP contribution < -0.4 is 4.74 Å². The predicted octanol–water partition coefficient (Wildman–Crippen LogP) is 3.26. The zero-order chi connectivity index (χ0) is 11.8. The fraction of sp³-hybridized carbons (Fsp3) is 0.462. The molecule has 0 aliphatic heterocycles. The molecule has 0 fully saturated rings. The molecule has 1 heterocycles. The van der Waals surface area contributed by atoms with Crippen molar-refractivity contribution in [1.29, 1.82) is 0 Å². The van der Waals surface area contributed by atoms with Gasteiger partial charge in [0.15, 0.2) is 0 Å². The average molecular weight is 218 g/mol. The minimum Gasteiger partial charge on any atom is -0.497 e. The largest absolute Gasteiger partial charge is 0.497 e. The summed E-state index contributed by atoms with van der Waals surface area (Å²) < 4.78 is 5.19. The maximum atomic E-state index is 5.19. The number of methoxy groups -OCH3 is 1. The molecule has 0 saturated heterocycles. The molecule has 0 atom stereocenters. The molecule has 2 aromatic rings. The number of aromatic amines is 1. The minimum atomic E-state index is 0.128. The molecule has 1 aromatic heterocycles. The zero-order valence-corrected chi connectivity index (χ0v) is 10.3. The van der Waals surface area contributed by atoms with Gasteiger partial charge in [-0.1, -0.05) is 20.8 Å². The smallest absolute Gasteiger partial charge is 0.121 e. The van der Waals surface area contributed by atoms with Crippen LogP contribution in [0.25, 0.3) is 10.9 Å². The standard InChI is InChI=1S/C13H18N2O/c1-5-13(2,3)12-10-7-6-9(16-4)8-11(10)14-15-12/h6-8H,5H2,1-4H3,(H,14,15). The Balaban J connectivity index is 2.58. The Kier molecular flexibility index (Phi) is 2.62. The molecule has 0 spiro atoms. The summed E-state index contributed by atoms with van der Waals surface area (Å²) in [5, 5.41) is 8.67. The van der Waals surface area contributed by atoms with Crippen LogP contribution in [0.1, 0.15) is 32.9 Å². The van der Waals surface area contributed by atoms with Gasteiger partial charge < -0.3 is 4.74 Å². The molecule has 0 aliphatic rings. The topological polar surface area (TPSA) is 37.9 Å². The zero-order valence-electron chi connectivity index (χ0n) is 10.3. The number of ether oxygens (including phenoxy) is 1. The number of benzene rings is 1. The monoisotopic (exact) mass is 218 g/mol. The first-order valence-corrected chi connectivity index (χ1v) is 5.61. The molecular weight excluding hydrogens is 200 g/mol. The molecule has 16 heavy (non-hydrogen) atoms. The lowest BCUT2D eigenvalue weighted by molar-refractivity contribution is 0.415. The first kappa shape index (κ1) is 11.0. The van der Waals surface area contributed by atoms with Crippen molar-refractivity contribution in [1.82, 2.24) is 10.2 Å². The molecule has 0 radical (unpaired) electrons. The van der Waals surface area contributed by atoms with Crippen LogP contribution in [-0.4, -0.2) is 17.3 Å². The predicted molar refractivity (Wildman–Crippen MR) is 66.0 cm³/mol. The molecule has 0 amide bonds. The van der Waals surface area contributed by atoms with Crippen molar-refractivity contribution in [2.45, 2.75) is 32.6 Å². The van der Waals surface area contributed by atoms with E-state index in [0.717, 1.165) is 17.7 Å². The van der Waals surface area contributed by atoms with Crippen LogP contribution in [0, 0.1) is 0 Å². The highest BCUT2D eigenvalue weighted by Crippen LogP contribution is 2.32. The summed E-state index contributed by atoms with van der Waals surface area (Å²) in [4.78, 5) is 0. The van der Waals surface area contributed by atoms with Gasteiger partial charge in [0.1, 0.15) is 5.75 Å². The van der Waals surface area contributed by atoms with E-state index in [1.54, 1.807) is 7.11 Å². The van der Waals surface area contributed by atoms with Crippen molar-refractivity contribution in [3.8, 4) is 5.75 Å². The van der Waals surface area contributed by atoms with Crippen LogP contribution >= 0.6 is 0 Å². The van der Waals surface area contributed by atoms with Gasteiger partial charge in [0.25, 0.3) is 0 Å². The minimum absolute atomic E-state index is 0.128. The molecule has 3 heteroatoms. The molecular formula is C13H18N2O. The number of fused-ring (bicyclic) bond motifs is 1. The number of nitrogens with zero attached hydrogens (tertiary/aromatic N) is 1. The van der Waals surface area contributed by atoms with Crippen molar-refractivity contribution < 1.29 is 4.74 Å². The summed E-state index contributed by atoms with van der Waals surface area (Å²) in [5.41, 5.74) is 2.30. The first-order valence-electron chi connectivity index (χ1n) is 5.61. The number of aromatic nitrogens is 2. The molecule has 3 nitrogen and oxygen atoms in total. The SMILES string of the molecule is CCC(C)(C)c1[nH]nc2cc(OC)ccc12. The molecule has 1 N–H and O–H groups in total. The van der Waals surface area contributed by atoms with Gasteiger partial charge in [0.05, 0.1) is 12.6 Å². The van der Waals surface area contributed by atoms with Crippen LogP contribution in [-0.2, 0) is 5.41 Å². The van der Waals surface area contributed by atoms with Gasteiger partial charge in [-0.25, -0.2) is 0 Å². The van der Waals surface area contributed by atoms with Crippen molar-refractivity contribution in [3.63, 3.8) is 0 Å². The summed E-state index contributed by atoms with van der Waals surface area (Å²) in [6, 6.07) is 6.01. The lowest BCUT2D eigenvalue weighted by Crippen LogP contribution is -2.16. The molecule has 1 aromatic carbocycles. The van der Waals surface area contributed by atoms with E-state index in [4.69, 9.17) is 4.74 Å². The Morgan fingerprint density at radius 1 is 1.38 bits per heavy atom. The molecule has 0 aliphatic carbocycles. The maximum absolute atomic E-state index is 5.19. The van der Waals surface area contributed by atoms with E-state index >= 15 is 0 Å². The maximum Gasteiger partial charge on any atom is 0.121 e. The van der Waals surface area contributed by atoms with E-state index in [9.17, 15) is 0 Å². The number of nitrogens with one attached hydrogen (secondary N) is 1. The summed E-state index contributed by atoms with van der Waals surface area (Å²) >= 11 is 0. The van der Waals surface area contributed by atoms with Crippen molar-refractivity contribution in [2.75, 3.05) is 7.11 Å². The van der Waals surface area contributed by atoms with E-state index in [-0.39, 0.29) is 5.41 Å². The summed E-state index contributed by atoms with van der Waals surface area (Å²) in [6.07, 6.45) is 1.08. The lowest BCUT2D eigenvalue weighted by Gasteiger charge is -2.21. The third-order valence-corrected chi connectivity index (χ3v) is 3.32. The van der Waals surface area contributed by atoms with E-state index in [0.29, 0.717) is 0 Å². The normalized spacial score (nSPS) is 12.0.